The summed E-state index contributed by atoms with van der Waals surface area (Å²) in [5.41, 5.74) is -0.951. The zero-order chi connectivity index (χ0) is 28.4. The van der Waals surface area contributed by atoms with E-state index < -0.39 is 34.9 Å². The number of aliphatic hydroxyl groups is 1. The number of ether oxygens (including phenoxy) is 2. The maximum atomic E-state index is 14.2. The summed E-state index contributed by atoms with van der Waals surface area (Å²) in [5.74, 6) is 0.00599. The summed E-state index contributed by atoms with van der Waals surface area (Å²) in [5, 5.41) is 13.6. The molecule has 12 heteroatoms. The molecule has 1 aliphatic carbocycles. The molecule has 2 amide bonds. The van der Waals surface area contributed by atoms with Crippen molar-refractivity contribution in [1.29, 1.82) is 0 Å². The number of anilines is 2. The number of hydrogen-bond acceptors (Lipinski definition) is 6. The van der Waals surface area contributed by atoms with Crippen LogP contribution in [0.25, 0.3) is 0 Å². The van der Waals surface area contributed by atoms with Gasteiger partial charge in [-0.05, 0) is 81.6 Å². The number of likely N-dealkylation sites (tertiary alicyclic amines) is 1. The van der Waals surface area contributed by atoms with Crippen molar-refractivity contribution in [2.75, 3.05) is 36.5 Å². The van der Waals surface area contributed by atoms with E-state index in [9.17, 15) is 27.9 Å². The molecule has 1 saturated carbocycles. The lowest BCUT2D eigenvalue weighted by Gasteiger charge is -2.48. The standard InChI is InChI=1S/C28H29ClF3N3O5/c1-26(38)13-18(14-26)35-23-16(15-40-25(35)37)10-19(12-21(23)28(30,31)32)39-9-8-34-6-4-27(5-7-34)20-11-17(29)2-3-22(20)33-24(27)36/h2-3,10-12,18,38H,4-9,13-15H2,1H3,(H,33,36). The van der Waals surface area contributed by atoms with E-state index in [0.29, 0.717) is 37.5 Å². The quantitative estimate of drug-likeness (QED) is 0.513. The van der Waals surface area contributed by atoms with Gasteiger partial charge in [-0.15, -0.1) is 0 Å². The van der Waals surface area contributed by atoms with Gasteiger partial charge in [-0.1, -0.05) is 11.6 Å². The number of fused-ring (bicyclic) bond motifs is 3. The molecule has 1 spiro atoms. The number of carbonyl (C=O) groups excluding carboxylic acids is 2. The summed E-state index contributed by atoms with van der Waals surface area (Å²) in [7, 11) is 0. The van der Waals surface area contributed by atoms with Gasteiger partial charge in [0.25, 0.3) is 0 Å². The molecule has 214 valence electrons. The van der Waals surface area contributed by atoms with Crippen LogP contribution in [-0.4, -0.2) is 59.9 Å². The number of amides is 2. The van der Waals surface area contributed by atoms with Crippen molar-refractivity contribution in [3.05, 3.63) is 52.0 Å². The molecule has 0 atom stereocenters. The Morgan fingerprint density at radius 3 is 2.58 bits per heavy atom. The number of carbonyl (C=O) groups is 2. The molecule has 2 N–H and O–H groups in total. The maximum absolute atomic E-state index is 14.2. The summed E-state index contributed by atoms with van der Waals surface area (Å²) < 4.78 is 53.5. The fourth-order valence-corrected chi connectivity index (χ4v) is 6.63. The van der Waals surface area contributed by atoms with E-state index in [-0.39, 0.29) is 49.0 Å². The van der Waals surface area contributed by atoms with E-state index in [1.165, 1.54) is 6.07 Å². The largest absolute Gasteiger partial charge is 0.492 e. The van der Waals surface area contributed by atoms with Crippen LogP contribution in [0.2, 0.25) is 5.02 Å². The number of nitrogens with zero attached hydrogens (tertiary/aromatic N) is 2. The highest BCUT2D eigenvalue weighted by Crippen LogP contribution is 2.48. The third kappa shape index (κ3) is 4.67. The predicted octanol–water partition coefficient (Wildman–Crippen LogP) is 5.09. The molecular weight excluding hydrogens is 551 g/mol. The van der Waals surface area contributed by atoms with Gasteiger partial charge in [0.2, 0.25) is 5.91 Å². The number of rotatable bonds is 5. The van der Waals surface area contributed by atoms with Crippen LogP contribution < -0.4 is 15.0 Å². The highest BCUT2D eigenvalue weighted by atomic mass is 35.5. The maximum Gasteiger partial charge on any atom is 0.418 e. The zero-order valence-corrected chi connectivity index (χ0v) is 22.6. The second-order valence-electron chi connectivity index (χ2n) is 11.4. The number of hydrogen-bond donors (Lipinski definition) is 2. The zero-order valence-electron chi connectivity index (χ0n) is 21.8. The Bertz CT molecular complexity index is 1370. The molecule has 4 aliphatic rings. The molecule has 2 aromatic rings. The number of cyclic esters (lactones) is 1. The van der Waals surface area contributed by atoms with Crippen molar-refractivity contribution in [2.24, 2.45) is 0 Å². The number of nitrogens with one attached hydrogen (secondary N) is 1. The lowest BCUT2D eigenvalue weighted by molar-refractivity contribution is -0.137. The summed E-state index contributed by atoms with van der Waals surface area (Å²) in [4.78, 5) is 28.5. The fraction of sp³-hybridized carbons (Fsp3) is 0.500. The average Bonchev–Trinajstić information content (AvgIpc) is 3.13. The van der Waals surface area contributed by atoms with E-state index in [0.717, 1.165) is 22.2 Å². The lowest BCUT2D eigenvalue weighted by Crippen LogP contribution is -2.57. The van der Waals surface area contributed by atoms with Gasteiger partial charge >= 0.3 is 12.3 Å². The van der Waals surface area contributed by atoms with Gasteiger partial charge in [0.05, 0.1) is 22.3 Å². The van der Waals surface area contributed by atoms with Crippen LogP contribution in [0.5, 0.6) is 5.75 Å². The van der Waals surface area contributed by atoms with Gasteiger partial charge in [-0.2, -0.15) is 13.2 Å². The first-order chi connectivity index (χ1) is 18.9. The van der Waals surface area contributed by atoms with Crippen molar-refractivity contribution in [1.82, 2.24) is 4.90 Å². The van der Waals surface area contributed by atoms with Gasteiger partial charge in [-0.3, -0.25) is 14.6 Å². The van der Waals surface area contributed by atoms with Crippen LogP contribution in [0.3, 0.4) is 0 Å². The van der Waals surface area contributed by atoms with E-state index >= 15 is 0 Å². The number of halogens is 4. The van der Waals surface area contributed by atoms with Crippen molar-refractivity contribution in [3.63, 3.8) is 0 Å². The minimum atomic E-state index is -4.73. The monoisotopic (exact) mass is 579 g/mol. The van der Waals surface area contributed by atoms with Crippen LogP contribution >= 0.6 is 11.6 Å². The highest BCUT2D eigenvalue weighted by molar-refractivity contribution is 6.31. The number of benzene rings is 2. The molecule has 40 heavy (non-hydrogen) atoms. The molecular formula is C28H29ClF3N3O5. The van der Waals surface area contributed by atoms with Crippen molar-refractivity contribution in [2.45, 2.75) is 62.4 Å². The Balaban J connectivity index is 1.14. The molecule has 3 aliphatic heterocycles. The Labute approximate surface area is 234 Å². The lowest BCUT2D eigenvalue weighted by atomic mass is 9.73. The first kappa shape index (κ1) is 27.2. The summed E-state index contributed by atoms with van der Waals surface area (Å²) >= 11 is 6.19. The number of piperidine rings is 1. The predicted molar refractivity (Wildman–Crippen MR) is 141 cm³/mol. The van der Waals surface area contributed by atoms with Gasteiger partial charge in [0, 0.05) is 28.9 Å². The smallest absolute Gasteiger partial charge is 0.418 e. The van der Waals surface area contributed by atoms with Crippen molar-refractivity contribution < 1.29 is 37.3 Å². The van der Waals surface area contributed by atoms with E-state index in [4.69, 9.17) is 21.1 Å². The summed E-state index contributed by atoms with van der Waals surface area (Å²) in [6.07, 6.45) is -4.07. The molecule has 3 heterocycles. The highest BCUT2D eigenvalue weighted by Gasteiger charge is 2.50. The Kier molecular flexibility index (Phi) is 6.47. The summed E-state index contributed by atoms with van der Waals surface area (Å²) in [6.45, 7) is 3.15. The molecule has 0 bridgehead atoms. The van der Waals surface area contributed by atoms with Crippen LogP contribution in [-0.2, 0) is 27.7 Å². The van der Waals surface area contributed by atoms with Gasteiger partial charge in [0.15, 0.2) is 0 Å². The Hall–Kier alpha value is -3.02. The van der Waals surface area contributed by atoms with Crippen LogP contribution in [0.4, 0.5) is 29.3 Å². The van der Waals surface area contributed by atoms with Crippen molar-refractivity contribution in [3.8, 4) is 5.75 Å². The SMILES string of the molecule is CC1(O)CC(N2C(=O)OCc3cc(OCCN4CCC5(CC4)C(=O)Nc4ccc(Cl)cc45)cc(C(F)(F)F)c32)C1. The molecule has 2 fully saturated rings. The molecule has 0 radical (unpaired) electrons. The van der Waals surface area contributed by atoms with Crippen LogP contribution in [0.1, 0.15) is 49.3 Å². The minimum Gasteiger partial charge on any atom is -0.492 e. The van der Waals surface area contributed by atoms with Crippen molar-refractivity contribution >= 4 is 35.0 Å². The summed E-state index contributed by atoms with van der Waals surface area (Å²) in [6, 6.07) is 7.23. The first-order valence-corrected chi connectivity index (χ1v) is 13.6. The first-order valence-electron chi connectivity index (χ1n) is 13.3. The van der Waals surface area contributed by atoms with Crippen LogP contribution in [0.15, 0.2) is 30.3 Å². The minimum absolute atomic E-state index is 0.0327. The molecule has 0 unspecified atom stereocenters. The topological polar surface area (TPSA) is 91.3 Å². The van der Waals surface area contributed by atoms with E-state index in [1.54, 1.807) is 13.0 Å². The Morgan fingerprint density at radius 2 is 1.90 bits per heavy atom. The molecule has 0 aromatic heterocycles. The normalized spacial score (nSPS) is 25.6. The van der Waals surface area contributed by atoms with Gasteiger partial charge in [0.1, 0.15) is 19.0 Å². The van der Waals surface area contributed by atoms with Gasteiger partial charge < -0.3 is 19.9 Å². The second kappa shape index (κ2) is 9.53. The third-order valence-corrected chi connectivity index (χ3v) is 8.77. The molecule has 1 saturated heterocycles. The van der Waals surface area contributed by atoms with E-state index in [2.05, 4.69) is 10.2 Å². The Morgan fingerprint density at radius 1 is 1.18 bits per heavy atom. The molecule has 2 aromatic carbocycles. The molecule has 8 nitrogen and oxygen atoms in total. The van der Waals surface area contributed by atoms with Crippen LogP contribution in [0, 0.1) is 0 Å². The second-order valence-corrected chi connectivity index (χ2v) is 11.8. The van der Waals surface area contributed by atoms with Gasteiger partial charge in [-0.25, -0.2) is 4.79 Å². The fourth-order valence-electron chi connectivity index (χ4n) is 6.46. The van der Waals surface area contributed by atoms with E-state index in [1.807, 2.05) is 12.1 Å². The molecule has 6 rings (SSSR count). The third-order valence-electron chi connectivity index (χ3n) is 8.54. The average molecular weight is 580 g/mol. The number of alkyl halides is 3.